The van der Waals surface area contributed by atoms with Crippen LogP contribution in [-0.2, 0) is 16.0 Å². The van der Waals surface area contributed by atoms with E-state index in [2.05, 4.69) is 56.3 Å². The molecular formula is C44H34N4O2S4. The van der Waals surface area contributed by atoms with E-state index in [1.165, 1.54) is 0 Å². The number of allylic oxidation sites excluding steroid dienone is 1. The zero-order valence-electron chi connectivity index (χ0n) is 29.7. The van der Waals surface area contributed by atoms with E-state index in [4.69, 9.17) is 0 Å². The first-order chi connectivity index (χ1) is 26.4. The summed E-state index contributed by atoms with van der Waals surface area (Å²) in [4.78, 5) is 38.7. The van der Waals surface area contributed by atoms with Gasteiger partial charge >= 0.3 is 0 Å². The van der Waals surface area contributed by atoms with Gasteiger partial charge in [0.2, 0.25) is 0 Å². The summed E-state index contributed by atoms with van der Waals surface area (Å²) >= 11 is 6.43. The van der Waals surface area contributed by atoms with Crippen LogP contribution < -0.4 is 9.80 Å². The van der Waals surface area contributed by atoms with Crippen LogP contribution in [0.4, 0.5) is 11.4 Å². The van der Waals surface area contributed by atoms with Gasteiger partial charge in [0, 0.05) is 59.9 Å². The lowest BCUT2D eigenvalue weighted by Crippen LogP contribution is -2.29. The molecule has 6 aromatic rings. The molecule has 8 rings (SSSR count). The molecule has 0 bridgehead atoms. The van der Waals surface area contributed by atoms with Crippen LogP contribution in [-0.4, -0.2) is 24.9 Å². The highest BCUT2D eigenvalue weighted by atomic mass is 32.1. The van der Waals surface area contributed by atoms with Gasteiger partial charge in [0.1, 0.15) is 6.07 Å². The molecule has 6 nitrogen and oxygen atoms in total. The van der Waals surface area contributed by atoms with Crippen molar-refractivity contribution in [3.8, 4) is 33.0 Å². The highest BCUT2D eigenvalue weighted by Gasteiger charge is 2.42. The molecule has 0 saturated heterocycles. The first kappa shape index (κ1) is 35.7. The number of hydrogen-bond acceptors (Lipinski definition) is 8. The fraction of sp³-hybridized carbons (Fsp3) is 0.182. The molecule has 2 amide bonds. The molecule has 0 radical (unpaired) electrons. The standard InChI is InChI=1S/C44H34N4O2S4/c1-3-17-47-35-23-27(39-15-11-31(53-39)21-29(25-45)37-7-5-19-51-37)9-13-33(35)41(43(47)49)42-34-14-10-28(24-36(34)48(18-4-2)44(42)50)40-16-12-32(54-40)22-30(26-46)38-8-6-20-52-38/h5-16,19-21,23-24,30H,3-4,17-18,22H2,1-2H3. The number of fused-ring (bicyclic) bond motifs is 2. The van der Waals surface area contributed by atoms with Gasteiger partial charge in [0.05, 0.1) is 40.1 Å². The van der Waals surface area contributed by atoms with Gasteiger partial charge in [0.15, 0.2) is 0 Å². The number of benzene rings is 2. The molecule has 2 aliphatic heterocycles. The highest BCUT2D eigenvalue weighted by Crippen LogP contribution is 2.49. The molecule has 54 heavy (non-hydrogen) atoms. The van der Waals surface area contributed by atoms with Crippen LogP contribution in [0.2, 0.25) is 0 Å². The fourth-order valence-electron chi connectivity index (χ4n) is 7.19. The maximum absolute atomic E-state index is 14.4. The molecule has 2 aliphatic rings. The zero-order valence-corrected chi connectivity index (χ0v) is 32.9. The fourth-order valence-corrected chi connectivity index (χ4v) is 10.7. The van der Waals surface area contributed by atoms with Crippen LogP contribution in [0.15, 0.2) is 95.7 Å². The van der Waals surface area contributed by atoms with Crippen molar-refractivity contribution in [2.75, 3.05) is 22.9 Å². The molecule has 1 atom stereocenters. The maximum atomic E-state index is 14.4. The predicted molar refractivity (Wildman–Crippen MR) is 226 cm³/mol. The van der Waals surface area contributed by atoms with Crippen LogP contribution in [0, 0.1) is 22.7 Å². The average Bonchev–Trinajstić information content (AvgIpc) is 4.05. The predicted octanol–water partition coefficient (Wildman–Crippen LogP) is 11.6. The first-order valence-corrected chi connectivity index (χ1v) is 21.3. The van der Waals surface area contributed by atoms with E-state index >= 15 is 0 Å². The Kier molecular flexibility index (Phi) is 10.0. The van der Waals surface area contributed by atoms with E-state index in [1.807, 2.05) is 81.2 Å². The second-order valence-corrected chi connectivity index (χ2v) is 17.4. The van der Waals surface area contributed by atoms with Gasteiger partial charge in [-0.15, -0.1) is 45.3 Å². The van der Waals surface area contributed by atoms with Gasteiger partial charge in [-0.1, -0.05) is 50.2 Å². The lowest BCUT2D eigenvalue weighted by molar-refractivity contribution is -0.114. The van der Waals surface area contributed by atoms with Crippen molar-refractivity contribution in [1.82, 2.24) is 0 Å². The second-order valence-electron chi connectivity index (χ2n) is 13.1. The van der Waals surface area contributed by atoms with Crippen LogP contribution in [0.3, 0.4) is 0 Å². The van der Waals surface area contributed by atoms with Crippen LogP contribution >= 0.6 is 45.3 Å². The quantitative estimate of drug-likeness (QED) is 0.0968. The molecule has 0 N–H and O–H groups in total. The minimum Gasteiger partial charge on any atom is -0.308 e. The monoisotopic (exact) mass is 778 g/mol. The summed E-state index contributed by atoms with van der Waals surface area (Å²) in [5, 5.41) is 23.6. The van der Waals surface area contributed by atoms with Crippen LogP contribution in [0.1, 0.15) is 63.2 Å². The molecule has 266 valence electrons. The molecule has 1 unspecified atom stereocenters. The van der Waals surface area contributed by atoms with Crippen molar-refractivity contribution in [1.29, 1.82) is 10.5 Å². The zero-order chi connectivity index (χ0) is 37.3. The van der Waals surface area contributed by atoms with E-state index in [-0.39, 0.29) is 17.7 Å². The lowest BCUT2D eigenvalue weighted by Gasteiger charge is -2.17. The average molecular weight is 779 g/mol. The largest absolute Gasteiger partial charge is 0.308 e. The molecule has 10 heteroatoms. The van der Waals surface area contributed by atoms with Crippen molar-refractivity contribution in [3.63, 3.8) is 0 Å². The number of hydrogen-bond donors (Lipinski definition) is 0. The van der Waals surface area contributed by atoms with Gasteiger partial charge in [-0.25, -0.2) is 0 Å². The normalized spacial score (nSPS) is 15.7. The molecule has 4 aromatic heterocycles. The SMILES string of the molecule is CCCN1C(=O)C(=C2C(=O)N(CCC)c3cc(-c4ccc(CC(C#N)c5cccs5)s4)ccc32)c2ccc(-c3ccc(C=C(C#N)c4cccs4)s3)cc21. The van der Waals surface area contributed by atoms with Crippen molar-refractivity contribution in [3.05, 3.63) is 126 Å². The number of nitriles is 2. The molecule has 0 saturated carbocycles. The Hall–Kier alpha value is -5.36. The van der Waals surface area contributed by atoms with Gasteiger partial charge in [-0.05, 0) is 89.3 Å². The summed E-state index contributed by atoms with van der Waals surface area (Å²) in [5.74, 6) is -0.474. The third-order valence-corrected chi connectivity index (χ3v) is 13.8. The summed E-state index contributed by atoms with van der Waals surface area (Å²) in [6.45, 7) is 5.19. The smallest absolute Gasteiger partial charge is 0.259 e. The molecular weight excluding hydrogens is 745 g/mol. The number of thiophene rings is 4. The minimum absolute atomic E-state index is 0.144. The van der Waals surface area contributed by atoms with Gasteiger partial charge < -0.3 is 9.80 Å². The second kappa shape index (κ2) is 15.2. The van der Waals surface area contributed by atoms with Gasteiger partial charge in [0.25, 0.3) is 11.8 Å². The van der Waals surface area contributed by atoms with E-state index in [0.717, 1.165) is 75.7 Å². The van der Waals surface area contributed by atoms with E-state index in [0.29, 0.717) is 36.2 Å². The molecule has 2 aromatic carbocycles. The first-order valence-electron chi connectivity index (χ1n) is 17.9. The van der Waals surface area contributed by atoms with Crippen molar-refractivity contribution < 1.29 is 9.59 Å². The van der Waals surface area contributed by atoms with Gasteiger partial charge in [-0.2, -0.15) is 10.5 Å². The van der Waals surface area contributed by atoms with E-state index in [1.54, 1.807) is 45.3 Å². The Labute approximate surface area is 330 Å². The number of rotatable bonds is 11. The minimum atomic E-state index is -0.183. The Morgan fingerprint density at radius 3 is 1.91 bits per heavy atom. The Bertz CT molecular complexity index is 2540. The molecule has 0 aliphatic carbocycles. The summed E-state index contributed by atoms with van der Waals surface area (Å²) in [7, 11) is 0. The molecule has 6 heterocycles. The van der Waals surface area contributed by atoms with Gasteiger partial charge in [-0.3, -0.25) is 9.59 Å². The number of carbonyl (C=O) groups excluding carboxylic acids is 2. The topological polar surface area (TPSA) is 88.2 Å². The van der Waals surface area contributed by atoms with Crippen LogP contribution in [0.25, 0.3) is 43.7 Å². The third kappa shape index (κ3) is 6.46. The number of carbonyl (C=O) groups is 2. The summed E-state index contributed by atoms with van der Waals surface area (Å²) in [6.07, 6.45) is 4.12. The number of anilines is 2. The van der Waals surface area contributed by atoms with Crippen molar-refractivity contribution in [2.45, 2.75) is 39.0 Å². The Morgan fingerprint density at radius 1 is 0.741 bits per heavy atom. The van der Waals surface area contributed by atoms with E-state index < -0.39 is 0 Å². The Balaban J connectivity index is 1.16. The van der Waals surface area contributed by atoms with Crippen molar-refractivity contribution in [2.24, 2.45) is 0 Å². The van der Waals surface area contributed by atoms with Crippen LogP contribution in [0.5, 0.6) is 0 Å². The lowest BCUT2D eigenvalue weighted by atomic mass is 9.95. The maximum Gasteiger partial charge on any atom is 0.259 e. The molecule has 0 spiro atoms. The Morgan fingerprint density at radius 2 is 1.35 bits per heavy atom. The number of nitrogens with zero attached hydrogens (tertiary/aromatic N) is 4. The summed E-state index contributed by atoms with van der Waals surface area (Å²) in [6, 6.07) is 33.2. The van der Waals surface area contributed by atoms with Crippen molar-refractivity contribution >= 4 is 91.3 Å². The summed E-state index contributed by atoms with van der Waals surface area (Å²) in [5.41, 5.74) is 6.73. The van der Waals surface area contributed by atoms with E-state index in [9.17, 15) is 20.1 Å². The summed E-state index contributed by atoms with van der Waals surface area (Å²) < 4.78 is 0. The third-order valence-electron chi connectivity index (χ3n) is 9.68. The molecule has 0 fully saturated rings. The highest BCUT2D eigenvalue weighted by molar-refractivity contribution is 7.16. The number of amides is 2.